The van der Waals surface area contributed by atoms with Gasteiger partial charge in [-0.2, -0.15) is 0 Å². The molecule has 9 heteroatoms. The number of rotatable bonds is 8. The molecule has 3 rings (SSSR count). The van der Waals surface area contributed by atoms with Crippen molar-refractivity contribution >= 4 is 27.4 Å². The summed E-state index contributed by atoms with van der Waals surface area (Å²) in [5.41, 5.74) is 0.442. The van der Waals surface area contributed by atoms with E-state index >= 15 is 0 Å². The van der Waals surface area contributed by atoms with Crippen LogP contribution in [0.4, 0.5) is 11.5 Å². The fourth-order valence-corrected chi connectivity index (χ4v) is 3.52. The van der Waals surface area contributed by atoms with Crippen LogP contribution in [0, 0.1) is 0 Å². The normalized spacial score (nSPS) is 11.9. The molecule has 0 aliphatic rings. The topological polar surface area (TPSA) is 107 Å². The van der Waals surface area contributed by atoms with E-state index in [1.165, 1.54) is 30.5 Å². The molecular weight excluding hydrogens is 406 g/mol. The fourth-order valence-electron chi connectivity index (χ4n) is 2.51. The van der Waals surface area contributed by atoms with Crippen molar-refractivity contribution in [2.24, 2.45) is 0 Å². The lowest BCUT2D eigenvalue weighted by Gasteiger charge is -2.15. The zero-order valence-electron chi connectivity index (χ0n) is 16.4. The van der Waals surface area contributed by atoms with Crippen LogP contribution in [-0.4, -0.2) is 32.5 Å². The number of ether oxygens (including phenoxy) is 2. The molecule has 0 saturated carbocycles. The molecule has 1 atom stereocenters. The molecule has 2 N–H and O–H groups in total. The summed E-state index contributed by atoms with van der Waals surface area (Å²) in [4.78, 5) is 16.4. The second-order valence-electron chi connectivity index (χ2n) is 6.27. The van der Waals surface area contributed by atoms with E-state index in [9.17, 15) is 13.2 Å². The van der Waals surface area contributed by atoms with Crippen molar-refractivity contribution in [1.29, 1.82) is 0 Å². The van der Waals surface area contributed by atoms with Gasteiger partial charge in [-0.15, -0.1) is 0 Å². The van der Waals surface area contributed by atoms with Crippen LogP contribution in [0.5, 0.6) is 11.5 Å². The van der Waals surface area contributed by atoms with Crippen molar-refractivity contribution in [3.05, 3.63) is 72.9 Å². The maximum Gasteiger partial charge on any atom is 0.265 e. The summed E-state index contributed by atoms with van der Waals surface area (Å²) in [5, 5.41) is 2.70. The van der Waals surface area contributed by atoms with Crippen molar-refractivity contribution in [2.75, 3.05) is 17.1 Å². The third-order valence-electron chi connectivity index (χ3n) is 4.06. The van der Waals surface area contributed by atoms with Gasteiger partial charge in [0.25, 0.3) is 15.9 Å². The summed E-state index contributed by atoms with van der Waals surface area (Å²) in [6.07, 6.45) is 0.719. The predicted octanol–water partition coefficient (Wildman–Crippen LogP) is 3.30. The van der Waals surface area contributed by atoms with Crippen LogP contribution in [0.25, 0.3) is 0 Å². The average Bonchev–Trinajstić information content (AvgIpc) is 2.74. The summed E-state index contributed by atoms with van der Waals surface area (Å²) >= 11 is 0. The van der Waals surface area contributed by atoms with E-state index in [4.69, 9.17) is 9.47 Å². The van der Waals surface area contributed by atoms with Gasteiger partial charge >= 0.3 is 0 Å². The predicted molar refractivity (Wildman–Crippen MR) is 113 cm³/mol. The average molecular weight is 427 g/mol. The van der Waals surface area contributed by atoms with E-state index in [0.29, 0.717) is 17.2 Å². The van der Waals surface area contributed by atoms with Crippen molar-refractivity contribution in [3.8, 4) is 11.5 Å². The van der Waals surface area contributed by atoms with Gasteiger partial charge in [-0.3, -0.25) is 9.52 Å². The highest BCUT2D eigenvalue weighted by molar-refractivity contribution is 7.92. The Balaban J connectivity index is 1.62. The number of benzene rings is 2. The van der Waals surface area contributed by atoms with E-state index in [1.54, 1.807) is 56.5 Å². The Hall–Kier alpha value is -3.59. The van der Waals surface area contributed by atoms with E-state index < -0.39 is 16.1 Å². The summed E-state index contributed by atoms with van der Waals surface area (Å²) in [7, 11) is -2.24. The molecule has 156 valence electrons. The third-order valence-corrected chi connectivity index (χ3v) is 5.43. The standard InChI is InChI=1S/C21H21N3O5S/c1-15(29-18-7-5-6-17(14-18)28-2)21(25)23-16-9-11-19(12-10-16)30(26,27)24-20-8-3-4-13-22-20/h3-15H,1-2H3,(H,22,24)(H,23,25). The molecule has 8 nitrogen and oxygen atoms in total. The number of hydrogen-bond donors (Lipinski definition) is 2. The van der Waals surface area contributed by atoms with Crippen LogP contribution in [0.1, 0.15) is 6.92 Å². The SMILES string of the molecule is COc1cccc(OC(C)C(=O)Nc2ccc(S(=O)(=O)Nc3ccccn3)cc2)c1. The van der Waals surface area contributed by atoms with Gasteiger partial charge in [0.2, 0.25) is 0 Å². The molecule has 0 aliphatic carbocycles. The van der Waals surface area contributed by atoms with Crippen LogP contribution < -0.4 is 19.5 Å². The second-order valence-corrected chi connectivity index (χ2v) is 7.96. The van der Waals surface area contributed by atoms with Crippen molar-refractivity contribution < 1.29 is 22.7 Å². The zero-order valence-corrected chi connectivity index (χ0v) is 17.2. The Bertz CT molecular complexity index is 1100. The Morgan fingerprint density at radius 3 is 2.40 bits per heavy atom. The van der Waals surface area contributed by atoms with E-state index in [2.05, 4.69) is 15.0 Å². The van der Waals surface area contributed by atoms with E-state index in [1.807, 2.05) is 0 Å². The smallest absolute Gasteiger partial charge is 0.265 e. The van der Waals surface area contributed by atoms with Gasteiger partial charge in [-0.25, -0.2) is 13.4 Å². The van der Waals surface area contributed by atoms with Crippen molar-refractivity contribution in [2.45, 2.75) is 17.9 Å². The molecule has 0 fully saturated rings. The van der Waals surface area contributed by atoms with Crippen molar-refractivity contribution in [3.63, 3.8) is 0 Å². The Labute approximate surface area is 174 Å². The first kappa shape index (κ1) is 21.1. The van der Waals surface area contributed by atoms with Crippen LogP contribution in [0.15, 0.2) is 77.8 Å². The maximum atomic E-state index is 12.4. The molecule has 2 aromatic carbocycles. The minimum absolute atomic E-state index is 0.0480. The molecule has 0 radical (unpaired) electrons. The van der Waals surface area contributed by atoms with Crippen LogP contribution in [0.2, 0.25) is 0 Å². The maximum absolute atomic E-state index is 12.4. The largest absolute Gasteiger partial charge is 0.497 e. The van der Waals surface area contributed by atoms with Gasteiger partial charge in [-0.1, -0.05) is 12.1 Å². The summed E-state index contributed by atoms with van der Waals surface area (Å²) in [5.74, 6) is 0.966. The minimum atomic E-state index is -3.78. The molecule has 1 unspecified atom stereocenters. The number of carbonyl (C=O) groups is 1. The molecule has 30 heavy (non-hydrogen) atoms. The molecule has 0 bridgehead atoms. The fraction of sp³-hybridized carbons (Fsp3) is 0.143. The second kappa shape index (κ2) is 9.27. The number of aromatic nitrogens is 1. The van der Waals surface area contributed by atoms with Gasteiger partial charge in [0.15, 0.2) is 6.10 Å². The highest BCUT2D eigenvalue weighted by Crippen LogP contribution is 2.21. The van der Waals surface area contributed by atoms with Gasteiger partial charge in [0.1, 0.15) is 17.3 Å². The highest BCUT2D eigenvalue weighted by Gasteiger charge is 2.17. The number of pyridine rings is 1. The third kappa shape index (κ3) is 5.48. The number of sulfonamides is 1. The highest BCUT2D eigenvalue weighted by atomic mass is 32.2. The first-order valence-electron chi connectivity index (χ1n) is 9.03. The molecule has 1 amide bonds. The number of nitrogens with zero attached hydrogens (tertiary/aromatic N) is 1. The number of nitrogens with one attached hydrogen (secondary N) is 2. The van der Waals surface area contributed by atoms with Crippen LogP contribution in [-0.2, 0) is 14.8 Å². The molecule has 3 aromatic rings. The van der Waals surface area contributed by atoms with E-state index in [0.717, 1.165) is 0 Å². The lowest BCUT2D eigenvalue weighted by molar-refractivity contribution is -0.122. The quantitative estimate of drug-likeness (QED) is 0.571. The van der Waals surface area contributed by atoms with Gasteiger partial charge < -0.3 is 14.8 Å². The van der Waals surface area contributed by atoms with Gasteiger partial charge in [-0.05, 0) is 55.5 Å². The lowest BCUT2D eigenvalue weighted by atomic mass is 10.3. The summed E-state index contributed by atoms with van der Waals surface area (Å²) < 4.78 is 38.0. The number of methoxy groups -OCH3 is 1. The minimum Gasteiger partial charge on any atom is -0.497 e. The van der Waals surface area contributed by atoms with Crippen molar-refractivity contribution in [1.82, 2.24) is 4.98 Å². The number of anilines is 2. The molecule has 0 aliphatic heterocycles. The molecular formula is C21H21N3O5S. The number of carbonyl (C=O) groups excluding carboxylic acids is 1. The van der Waals surface area contributed by atoms with Gasteiger partial charge in [0, 0.05) is 18.0 Å². The molecule has 0 saturated heterocycles. The first-order chi connectivity index (χ1) is 14.4. The number of amides is 1. The van der Waals surface area contributed by atoms with Crippen LogP contribution >= 0.6 is 0 Å². The monoisotopic (exact) mass is 427 g/mol. The van der Waals surface area contributed by atoms with Crippen LogP contribution in [0.3, 0.4) is 0 Å². The lowest BCUT2D eigenvalue weighted by Crippen LogP contribution is -2.30. The first-order valence-corrected chi connectivity index (χ1v) is 10.5. The zero-order chi connectivity index (χ0) is 21.6. The number of hydrogen-bond acceptors (Lipinski definition) is 6. The Morgan fingerprint density at radius 1 is 1.00 bits per heavy atom. The van der Waals surface area contributed by atoms with Gasteiger partial charge in [0.05, 0.1) is 12.0 Å². The summed E-state index contributed by atoms with van der Waals surface area (Å²) in [6, 6.07) is 17.7. The van der Waals surface area contributed by atoms with E-state index in [-0.39, 0.29) is 16.6 Å². The molecule has 1 aromatic heterocycles. The Kier molecular flexibility index (Phi) is 6.53. The Morgan fingerprint density at radius 2 is 1.73 bits per heavy atom. The molecule has 0 spiro atoms. The summed E-state index contributed by atoms with van der Waals surface area (Å²) in [6.45, 7) is 1.62. The molecule has 1 heterocycles.